The van der Waals surface area contributed by atoms with Gasteiger partial charge in [0.25, 0.3) is 0 Å². The van der Waals surface area contributed by atoms with Crippen LogP contribution in [0.25, 0.3) is 0 Å². The standard InChI is InChI=1S/C20H30N2O4S/c1-14-12-16(20(3,4)5)13-15(2)18(14)27(24,25)22-9-7-21(8-10-22)17-6-11-26-19(17)23/h12-13,17H,6-11H2,1-5H3. The zero-order valence-corrected chi connectivity index (χ0v) is 17.7. The van der Waals surface area contributed by atoms with Crippen molar-refractivity contribution in [3.8, 4) is 0 Å². The molecule has 7 heteroatoms. The highest BCUT2D eigenvalue weighted by atomic mass is 32.2. The molecule has 27 heavy (non-hydrogen) atoms. The first-order chi connectivity index (χ1) is 12.5. The Balaban J connectivity index is 1.81. The summed E-state index contributed by atoms with van der Waals surface area (Å²) in [6, 6.07) is 3.76. The van der Waals surface area contributed by atoms with Crippen molar-refractivity contribution in [3.63, 3.8) is 0 Å². The third-order valence-corrected chi connectivity index (χ3v) is 7.75. The summed E-state index contributed by atoms with van der Waals surface area (Å²) in [7, 11) is -3.56. The van der Waals surface area contributed by atoms with Crippen LogP contribution in [0, 0.1) is 13.8 Å². The van der Waals surface area contributed by atoms with Crippen LogP contribution >= 0.6 is 0 Å². The topological polar surface area (TPSA) is 66.9 Å². The number of carbonyl (C=O) groups is 1. The summed E-state index contributed by atoms with van der Waals surface area (Å²) in [5.41, 5.74) is 2.70. The molecule has 0 amide bonds. The van der Waals surface area contributed by atoms with Crippen LogP contribution in [0.2, 0.25) is 0 Å². The largest absolute Gasteiger partial charge is 0.464 e. The number of benzene rings is 1. The van der Waals surface area contributed by atoms with Crippen LogP contribution in [-0.2, 0) is 25.0 Å². The summed E-state index contributed by atoms with van der Waals surface area (Å²) in [4.78, 5) is 14.2. The molecule has 0 spiro atoms. The van der Waals surface area contributed by atoms with Gasteiger partial charge in [0.2, 0.25) is 10.0 Å². The minimum absolute atomic E-state index is 0.0284. The lowest BCUT2D eigenvalue weighted by Crippen LogP contribution is -2.53. The van der Waals surface area contributed by atoms with E-state index in [1.54, 1.807) is 4.31 Å². The van der Waals surface area contributed by atoms with Crippen LogP contribution in [0.5, 0.6) is 0 Å². The van der Waals surface area contributed by atoms with Gasteiger partial charge in [0.1, 0.15) is 6.04 Å². The molecule has 2 saturated heterocycles. The second-order valence-electron chi connectivity index (χ2n) is 8.60. The van der Waals surface area contributed by atoms with Crippen LogP contribution < -0.4 is 0 Å². The van der Waals surface area contributed by atoms with Crippen LogP contribution in [0.3, 0.4) is 0 Å². The highest BCUT2D eigenvalue weighted by Crippen LogP contribution is 2.31. The average Bonchev–Trinajstić information content (AvgIpc) is 2.99. The number of sulfonamides is 1. The van der Waals surface area contributed by atoms with E-state index >= 15 is 0 Å². The van der Waals surface area contributed by atoms with E-state index < -0.39 is 10.0 Å². The van der Waals surface area contributed by atoms with Gasteiger partial charge in [-0.05, 0) is 36.0 Å². The summed E-state index contributed by atoms with van der Waals surface area (Å²) in [6.07, 6.45) is 0.693. The van der Waals surface area contributed by atoms with E-state index in [4.69, 9.17) is 4.74 Å². The Morgan fingerprint density at radius 3 is 2.04 bits per heavy atom. The fraction of sp³-hybridized carbons (Fsp3) is 0.650. The predicted octanol–water partition coefficient (Wildman–Crippen LogP) is 2.22. The number of aryl methyl sites for hydroxylation is 2. The first kappa shape index (κ1) is 20.3. The smallest absolute Gasteiger partial charge is 0.323 e. The van der Waals surface area contributed by atoms with Crippen molar-refractivity contribution < 1.29 is 17.9 Å². The lowest BCUT2D eigenvalue weighted by atomic mass is 9.85. The summed E-state index contributed by atoms with van der Waals surface area (Å²) in [5.74, 6) is -0.184. The molecule has 1 aromatic carbocycles. The molecule has 150 valence electrons. The van der Waals surface area contributed by atoms with E-state index in [0.29, 0.717) is 44.1 Å². The second kappa shape index (κ2) is 7.18. The molecule has 2 aliphatic heterocycles. The molecule has 0 saturated carbocycles. The Hall–Kier alpha value is -1.44. The van der Waals surface area contributed by atoms with Crippen LogP contribution in [0.1, 0.15) is 43.9 Å². The van der Waals surface area contributed by atoms with Crippen molar-refractivity contribution in [2.24, 2.45) is 0 Å². The number of esters is 1. The highest BCUT2D eigenvalue weighted by molar-refractivity contribution is 7.89. The minimum Gasteiger partial charge on any atom is -0.464 e. The maximum atomic E-state index is 13.3. The summed E-state index contributed by atoms with van der Waals surface area (Å²) in [5, 5.41) is 0. The molecule has 2 fully saturated rings. The van der Waals surface area contributed by atoms with Crippen molar-refractivity contribution in [3.05, 3.63) is 28.8 Å². The lowest BCUT2D eigenvalue weighted by Gasteiger charge is -2.36. The second-order valence-corrected chi connectivity index (χ2v) is 10.5. The van der Waals surface area contributed by atoms with E-state index in [0.717, 1.165) is 16.7 Å². The maximum absolute atomic E-state index is 13.3. The number of piperazine rings is 1. The molecule has 0 aliphatic carbocycles. The van der Waals surface area contributed by atoms with Gasteiger partial charge in [-0.15, -0.1) is 0 Å². The van der Waals surface area contributed by atoms with Gasteiger partial charge >= 0.3 is 5.97 Å². The first-order valence-electron chi connectivity index (χ1n) is 9.54. The summed E-state index contributed by atoms with van der Waals surface area (Å²) < 4.78 is 33.2. The molecule has 6 nitrogen and oxygen atoms in total. The molecule has 1 aromatic rings. The zero-order valence-electron chi connectivity index (χ0n) is 16.9. The molecule has 1 unspecified atom stereocenters. The predicted molar refractivity (Wildman–Crippen MR) is 104 cm³/mol. The Morgan fingerprint density at radius 2 is 1.59 bits per heavy atom. The number of cyclic esters (lactones) is 1. The number of ether oxygens (including phenoxy) is 1. The van der Waals surface area contributed by atoms with E-state index in [1.165, 1.54) is 0 Å². The Kier molecular flexibility index (Phi) is 5.40. The molecular weight excluding hydrogens is 364 g/mol. The Morgan fingerprint density at radius 1 is 1.04 bits per heavy atom. The average molecular weight is 395 g/mol. The van der Waals surface area contributed by atoms with Crippen molar-refractivity contribution in [1.82, 2.24) is 9.21 Å². The minimum atomic E-state index is -3.56. The van der Waals surface area contributed by atoms with Gasteiger partial charge in [-0.2, -0.15) is 4.31 Å². The number of carbonyl (C=O) groups excluding carboxylic acids is 1. The molecule has 2 aliphatic rings. The van der Waals surface area contributed by atoms with E-state index in [-0.39, 0.29) is 17.4 Å². The number of hydrogen-bond acceptors (Lipinski definition) is 5. The van der Waals surface area contributed by atoms with Gasteiger partial charge in [-0.3, -0.25) is 9.69 Å². The van der Waals surface area contributed by atoms with E-state index in [2.05, 4.69) is 20.8 Å². The van der Waals surface area contributed by atoms with Crippen molar-refractivity contribution in [2.45, 2.75) is 57.4 Å². The quantitative estimate of drug-likeness (QED) is 0.736. The van der Waals surface area contributed by atoms with Gasteiger partial charge in [0.05, 0.1) is 11.5 Å². The third kappa shape index (κ3) is 3.91. The van der Waals surface area contributed by atoms with Gasteiger partial charge in [-0.25, -0.2) is 8.42 Å². The maximum Gasteiger partial charge on any atom is 0.323 e. The fourth-order valence-electron chi connectivity index (χ4n) is 3.99. The van der Waals surface area contributed by atoms with E-state index in [9.17, 15) is 13.2 Å². The SMILES string of the molecule is Cc1cc(C(C)(C)C)cc(C)c1S(=O)(=O)N1CCN(C2CCOC2=O)CC1. The van der Waals surface area contributed by atoms with Crippen LogP contribution in [0.15, 0.2) is 17.0 Å². The van der Waals surface area contributed by atoms with Gasteiger partial charge in [-0.1, -0.05) is 32.9 Å². The van der Waals surface area contributed by atoms with Crippen molar-refractivity contribution in [2.75, 3.05) is 32.8 Å². The molecule has 0 N–H and O–H groups in total. The molecular formula is C20H30N2O4S. The monoisotopic (exact) mass is 394 g/mol. The third-order valence-electron chi connectivity index (χ3n) is 5.55. The van der Waals surface area contributed by atoms with Gasteiger partial charge < -0.3 is 4.74 Å². The Labute approximate surface area is 162 Å². The fourth-order valence-corrected chi connectivity index (χ4v) is 5.83. The lowest BCUT2D eigenvalue weighted by molar-refractivity contribution is -0.142. The normalized spacial score (nSPS) is 22.9. The summed E-state index contributed by atoms with van der Waals surface area (Å²) in [6.45, 7) is 12.5. The van der Waals surface area contributed by atoms with Gasteiger partial charge in [0.15, 0.2) is 0 Å². The molecule has 1 atom stereocenters. The molecule has 2 heterocycles. The van der Waals surface area contributed by atoms with Gasteiger partial charge in [0, 0.05) is 32.6 Å². The van der Waals surface area contributed by atoms with Crippen LogP contribution in [0.4, 0.5) is 0 Å². The number of nitrogens with zero attached hydrogens (tertiary/aromatic N) is 2. The molecule has 3 rings (SSSR count). The molecule has 0 aromatic heterocycles. The van der Waals surface area contributed by atoms with E-state index in [1.807, 2.05) is 30.9 Å². The summed E-state index contributed by atoms with van der Waals surface area (Å²) >= 11 is 0. The van der Waals surface area contributed by atoms with Crippen LogP contribution in [-0.4, -0.2) is 62.4 Å². The number of rotatable bonds is 3. The van der Waals surface area contributed by atoms with Crippen molar-refractivity contribution in [1.29, 1.82) is 0 Å². The molecule has 0 radical (unpaired) electrons. The Bertz CT molecular complexity index is 811. The molecule has 0 bridgehead atoms. The number of hydrogen-bond donors (Lipinski definition) is 0. The van der Waals surface area contributed by atoms with Crippen molar-refractivity contribution >= 4 is 16.0 Å². The highest BCUT2D eigenvalue weighted by Gasteiger charge is 2.37. The zero-order chi connectivity index (χ0) is 20.0. The first-order valence-corrected chi connectivity index (χ1v) is 11.0.